The molecule has 11 heteroatoms. The number of nitrogens with zero attached hydrogens (tertiary/aromatic N) is 4. The average Bonchev–Trinajstić information content (AvgIpc) is 2.92. The van der Waals surface area contributed by atoms with Crippen molar-refractivity contribution in [3.63, 3.8) is 0 Å². The van der Waals surface area contributed by atoms with Gasteiger partial charge < -0.3 is 0 Å². The van der Waals surface area contributed by atoms with Crippen LogP contribution in [-0.2, 0) is 4.79 Å². The van der Waals surface area contributed by atoms with Crippen molar-refractivity contribution in [1.29, 1.82) is 0 Å². The number of pyridine rings is 2. The van der Waals surface area contributed by atoms with Gasteiger partial charge in [0.2, 0.25) is 0 Å². The molecular weight excluding hydrogens is 534 g/mol. The van der Waals surface area contributed by atoms with Crippen LogP contribution in [0.4, 0.5) is 26.3 Å². The van der Waals surface area contributed by atoms with E-state index in [1.807, 2.05) is 0 Å². The lowest BCUT2D eigenvalue weighted by atomic mass is 9.84. The van der Waals surface area contributed by atoms with Crippen molar-refractivity contribution in [2.24, 2.45) is 0 Å². The van der Waals surface area contributed by atoms with Crippen LogP contribution in [0.3, 0.4) is 0 Å². The molecule has 220 valence electrons. The summed E-state index contributed by atoms with van der Waals surface area (Å²) in [7, 11) is 0. The first-order valence-corrected chi connectivity index (χ1v) is 14.0. The van der Waals surface area contributed by atoms with Crippen molar-refractivity contribution in [3.8, 4) is 0 Å². The third-order valence-corrected chi connectivity index (χ3v) is 8.25. The third kappa shape index (κ3) is 7.81. The molecule has 0 N–H and O–H groups in total. The van der Waals surface area contributed by atoms with Gasteiger partial charge in [-0.15, -0.1) is 0 Å². The van der Waals surface area contributed by atoms with Gasteiger partial charge in [0.05, 0.1) is 11.8 Å². The molecule has 2 aliphatic rings. The van der Waals surface area contributed by atoms with Gasteiger partial charge in [-0.25, -0.2) is 0 Å². The Hall–Kier alpha value is -2.53. The molecule has 0 aromatic carbocycles. The molecule has 0 aliphatic carbocycles. The number of piperidine rings is 2. The van der Waals surface area contributed by atoms with Crippen molar-refractivity contribution in [2.45, 2.75) is 87.6 Å². The van der Waals surface area contributed by atoms with Crippen molar-refractivity contribution >= 4 is 5.78 Å². The number of aromatic nitrogens is 2. The Balaban J connectivity index is 1.39. The monoisotopic (exact) mass is 570 g/mol. The van der Waals surface area contributed by atoms with Gasteiger partial charge in [-0.2, -0.15) is 26.3 Å². The summed E-state index contributed by atoms with van der Waals surface area (Å²) in [6, 6.07) is 4.30. The molecule has 4 rings (SSSR count). The summed E-state index contributed by atoms with van der Waals surface area (Å²) >= 11 is 0. The molecule has 0 amide bonds. The Morgan fingerprint density at radius 2 is 1.18 bits per heavy atom. The molecule has 0 saturated carbocycles. The Morgan fingerprint density at radius 3 is 1.52 bits per heavy atom. The van der Waals surface area contributed by atoms with Gasteiger partial charge in [-0.05, 0) is 62.0 Å². The average molecular weight is 571 g/mol. The van der Waals surface area contributed by atoms with E-state index in [0.29, 0.717) is 38.8 Å². The molecule has 0 bridgehead atoms. The molecule has 2 fully saturated rings. The van der Waals surface area contributed by atoms with E-state index < -0.39 is 36.3 Å². The van der Waals surface area contributed by atoms with E-state index in [0.717, 1.165) is 12.8 Å². The van der Waals surface area contributed by atoms with Gasteiger partial charge >= 0.3 is 12.4 Å². The predicted octanol–water partition coefficient (Wildman–Crippen LogP) is 6.53. The summed E-state index contributed by atoms with van der Waals surface area (Å²) in [6.45, 7) is 1.33. The van der Waals surface area contributed by atoms with E-state index in [2.05, 4.69) is 9.97 Å². The molecule has 4 heterocycles. The molecule has 0 radical (unpaired) electrons. The number of Topliss-reactive ketones (excluding diaryl/α,β-unsaturated/α-hetero) is 1. The maximum atomic E-state index is 14.2. The van der Waals surface area contributed by atoms with E-state index in [-0.39, 0.29) is 42.8 Å². The number of likely N-dealkylation sites (tertiary alicyclic amines) is 2. The van der Waals surface area contributed by atoms with Crippen LogP contribution >= 0.6 is 0 Å². The SMILES string of the molecule is O=C(CCN1CCCCC1C(c1cccnc1)C(F)(F)F)CCN1CCCCC1C(c1cccnc1)C(F)(F)F. The van der Waals surface area contributed by atoms with Gasteiger partial charge in [0.15, 0.2) is 0 Å². The number of carbonyl (C=O) groups is 1. The summed E-state index contributed by atoms with van der Waals surface area (Å²) in [5, 5.41) is 0. The second-order valence-electron chi connectivity index (χ2n) is 10.8. The first-order chi connectivity index (χ1) is 19.1. The van der Waals surface area contributed by atoms with E-state index in [4.69, 9.17) is 0 Å². The van der Waals surface area contributed by atoms with Crippen LogP contribution in [0.1, 0.15) is 74.3 Å². The van der Waals surface area contributed by atoms with E-state index in [9.17, 15) is 31.1 Å². The van der Waals surface area contributed by atoms with Crippen LogP contribution in [0.2, 0.25) is 0 Å². The van der Waals surface area contributed by atoms with Crippen LogP contribution in [0.25, 0.3) is 0 Å². The number of carbonyl (C=O) groups excluding carboxylic acids is 1. The Morgan fingerprint density at radius 1 is 0.750 bits per heavy atom. The lowest BCUT2D eigenvalue weighted by molar-refractivity contribution is -0.168. The number of ketones is 1. The highest BCUT2D eigenvalue weighted by molar-refractivity contribution is 5.78. The normalized spacial score (nSPS) is 23.1. The maximum Gasteiger partial charge on any atom is 0.397 e. The molecule has 2 saturated heterocycles. The smallest absolute Gasteiger partial charge is 0.300 e. The highest BCUT2D eigenvalue weighted by Gasteiger charge is 2.49. The topological polar surface area (TPSA) is 49.3 Å². The summed E-state index contributed by atoms with van der Waals surface area (Å²) in [4.78, 5) is 24.2. The Kier molecular flexibility index (Phi) is 10.2. The Bertz CT molecular complexity index is 982. The summed E-state index contributed by atoms with van der Waals surface area (Å²) in [5.74, 6) is -3.54. The highest BCUT2D eigenvalue weighted by atomic mass is 19.4. The number of hydrogen-bond donors (Lipinski definition) is 0. The number of rotatable bonds is 10. The van der Waals surface area contributed by atoms with Crippen molar-refractivity contribution < 1.29 is 31.1 Å². The zero-order valence-electron chi connectivity index (χ0n) is 22.4. The maximum absolute atomic E-state index is 14.2. The van der Waals surface area contributed by atoms with E-state index in [1.165, 1.54) is 49.1 Å². The van der Waals surface area contributed by atoms with Crippen LogP contribution in [0, 0.1) is 0 Å². The minimum Gasteiger partial charge on any atom is -0.300 e. The lowest BCUT2D eigenvalue weighted by Gasteiger charge is -2.41. The molecule has 40 heavy (non-hydrogen) atoms. The minimum atomic E-state index is -4.46. The number of hydrogen-bond acceptors (Lipinski definition) is 5. The second-order valence-corrected chi connectivity index (χ2v) is 10.8. The molecule has 2 aliphatic heterocycles. The van der Waals surface area contributed by atoms with Crippen LogP contribution in [0.15, 0.2) is 49.1 Å². The zero-order chi connectivity index (χ0) is 28.8. The quantitative estimate of drug-likeness (QED) is 0.304. The van der Waals surface area contributed by atoms with Gasteiger partial charge in [0.1, 0.15) is 5.78 Å². The Labute approximate surface area is 231 Å². The van der Waals surface area contributed by atoms with Gasteiger partial charge in [-0.1, -0.05) is 25.0 Å². The molecule has 4 unspecified atom stereocenters. The van der Waals surface area contributed by atoms with Gasteiger partial charge in [0, 0.05) is 62.8 Å². The predicted molar refractivity (Wildman–Crippen MR) is 139 cm³/mol. The fraction of sp³-hybridized carbons (Fsp3) is 0.621. The largest absolute Gasteiger partial charge is 0.397 e. The van der Waals surface area contributed by atoms with Crippen LogP contribution < -0.4 is 0 Å². The molecule has 0 spiro atoms. The number of alkyl halides is 6. The van der Waals surface area contributed by atoms with Crippen molar-refractivity contribution in [2.75, 3.05) is 26.2 Å². The molecule has 2 aromatic rings. The summed E-state index contributed by atoms with van der Waals surface area (Å²) in [5.41, 5.74) is 0.226. The van der Waals surface area contributed by atoms with E-state index >= 15 is 0 Å². The highest BCUT2D eigenvalue weighted by Crippen LogP contribution is 2.43. The molecule has 4 atom stereocenters. The fourth-order valence-corrected chi connectivity index (χ4v) is 6.38. The minimum absolute atomic E-state index is 0.0674. The molecule has 5 nitrogen and oxygen atoms in total. The van der Waals surface area contributed by atoms with Crippen molar-refractivity contribution in [1.82, 2.24) is 19.8 Å². The lowest BCUT2D eigenvalue weighted by Crippen LogP contribution is -2.49. The zero-order valence-corrected chi connectivity index (χ0v) is 22.4. The molecular formula is C29H36F6N4O. The van der Waals surface area contributed by atoms with Crippen molar-refractivity contribution in [3.05, 3.63) is 60.2 Å². The van der Waals surface area contributed by atoms with Gasteiger partial charge in [0.25, 0.3) is 0 Å². The summed E-state index contributed by atoms with van der Waals surface area (Å²) in [6.07, 6.45) is 0.210. The van der Waals surface area contributed by atoms with E-state index in [1.54, 1.807) is 9.80 Å². The summed E-state index contributed by atoms with van der Waals surface area (Å²) < 4.78 is 85.1. The van der Waals surface area contributed by atoms with Crippen LogP contribution in [-0.4, -0.2) is 76.2 Å². The fourth-order valence-electron chi connectivity index (χ4n) is 6.38. The number of halogens is 6. The first-order valence-electron chi connectivity index (χ1n) is 14.0. The first kappa shape index (κ1) is 30.4. The standard InChI is InChI=1S/C29H36F6N4O/c30-28(31,32)26(21-7-5-13-36-19-21)24-9-1-3-15-38(24)17-11-23(40)12-18-39-16-4-2-10-25(39)27(29(33,34)35)22-8-6-14-37-20-22/h5-8,13-14,19-20,24-27H,1-4,9-12,15-18H2. The molecule has 2 aromatic heterocycles. The second kappa shape index (κ2) is 13.4. The van der Waals surface area contributed by atoms with Gasteiger partial charge in [-0.3, -0.25) is 24.6 Å². The third-order valence-electron chi connectivity index (χ3n) is 8.25. The van der Waals surface area contributed by atoms with Crippen LogP contribution in [0.5, 0.6) is 0 Å².